The number of para-hydroxylation sites is 1. The molecule has 0 bridgehead atoms. The zero-order valence-corrected chi connectivity index (χ0v) is 19.1. The molecule has 6 rings (SSSR count). The van der Waals surface area contributed by atoms with Gasteiger partial charge in [-0.2, -0.15) is 0 Å². The highest BCUT2D eigenvalue weighted by molar-refractivity contribution is 6.21. The monoisotopic (exact) mass is 462 g/mol. The van der Waals surface area contributed by atoms with E-state index in [9.17, 15) is 9.59 Å². The van der Waals surface area contributed by atoms with Crippen molar-refractivity contribution in [2.45, 2.75) is 12.6 Å². The summed E-state index contributed by atoms with van der Waals surface area (Å²) in [5.41, 5.74) is 5.35. The van der Waals surface area contributed by atoms with E-state index in [4.69, 9.17) is 9.73 Å². The molecular formula is C28H22N4O3. The number of rotatable bonds is 4. The number of aliphatic imine (C=N–C) groups is 1. The molecule has 3 aromatic carbocycles. The molecule has 1 unspecified atom stereocenters. The fourth-order valence-corrected chi connectivity index (χ4v) is 4.76. The maximum Gasteiger partial charge on any atom is 0.272 e. The quantitative estimate of drug-likeness (QED) is 0.501. The van der Waals surface area contributed by atoms with Gasteiger partial charge in [0.25, 0.3) is 11.8 Å². The molecular weight excluding hydrogens is 440 g/mol. The number of fused-ring (bicyclic) bond motifs is 1. The topological polar surface area (TPSA) is 83.9 Å². The fraction of sp³-hybridized carbons (Fsp3) is 0.143. The first kappa shape index (κ1) is 21.0. The molecule has 4 aromatic rings. The lowest BCUT2D eigenvalue weighted by Gasteiger charge is -2.21. The van der Waals surface area contributed by atoms with Crippen LogP contribution in [0.3, 0.4) is 0 Å². The molecule has 2 aliphatic rings. The predicted octanol–water partition coefficient (Wildman–Crippen LogP) is 3.74. The molecule has 1 aromatic heterocycles. The zero-order chi connectivity index (χ0) is 23.9. The molecule has 2 amide bonds. The number of nitrogens with zero attached hydrogens (tertiary/aromatic N) is 3. The SMILES string of the molecule is COc1cc2c3c(c1)C(c1ccccc1)=NC(NC(=O)c1cnc4ccccc4c1)C(=O)N3CC2. The number of hydrogen-bond acceptors (Lipinski definition) is 5. The summed E-state index contributed by atoms with van der Waals surface area (Å²) in [7, 11) is 1.63. The fourth-order valence-electron chi connectivity index (χ4n) is 4.76. The van der Waals surface area contributed by atoms with Crippen LogP contribution in [0, 0.1) is 0 Å². The summed E-state index contributed by atoms with van der Waals surface area (Å²) < 4.78 is 5.54. The molecule has 7 heteroatoms. The summed E-state index contributed by atoms with van der Waals surface area (Å²) in [6.45, 7) is 0.524. The maximum atomic E-state index is 13.6. The van der Waals surface area contributed by atoms with Crippen molar-refractivity contribution in [2.75, 3.05) is 18.6 Å². The lowest BCUT2D eigenvalue weighted by atomic mass is 9.97. The highest BCUT2D eigenvalue weighted by Gasteiger charge is 2.37. The van der Waals surface area contributed by atoms with Gasteiger partial charge in [0.2, 0.25) is 6.17 Å². The Bertz CT molecular complexity index is 1510. The summed E-state index contributed by atoms with van der Waals surface area (Å²) in [5.74, 6) is 0.0466. The standard InChI is InChI=1S/C28H22N4O3/c1-35-21-14-19-11-12-32-25(19)22(15-21)24(17-7-3-2-4-8-17)30-26(28(32)34)31-27(33)20-13-18-9-5-6-10-23(18)29-16-20/h2-10,13-16,26H,11-12H2,1H3,(H,31,33). The first-order valence-corrected chi connectivity index (χ1v) is 11.4. The molecule has 3 heterocycles. The van der Waals surface area contributed by atoms with Crippen LogP contribution in [0.1, 0.15) is 27.0 Å². The number of ether oxygens (including phenoxy) is 1. The van der Waals surface area contributed by atoms with Gasteiger partial charge in [-0.15, -0.1) is 0 Å². The number of nitrogens with one attached hydrogen (secondary N) is 1. The Morgan fingerprint density at radius 3 is 2.69 bits per heavy atom. The molecule has 7 nitrogen and oxygen atoms in total. The lowest BCUT2D eigenvalue weighted by molar-refractivity contribution is -0.120. The van der Waals surface area contributed by atoms with Crippen LogP contribution in [-0.4, -0.2) is 42.3 Å². The van der Waals surface area contributed by atoms with E-state index in [1.54, 1.807) is 18.1 Å². The Labute approximate surface area is 202 Å². The number of methoxy groups -OCH3 is 1. The minimum Gasteiger partial charge on any atom is -0.497 e. The Balaban J connectivity index is 1.44. The number of pyridine rings is 1. The summed E-state index contributed by atoms with van der Waals surface area (Å²) >= 11 is 0. The molecule has 0 saturated carbocycles. The zero-order valence-electron chi connectivity index (χ0n) is 19.1. The van der Waals surface area contributed by atoms with E-state index in [2.05, 4.69) is 10.3 Å². The van der Waals surface area contributed by atoms with Gasteiger partial charge in [0.1, 0.15) is 5.75 Å². The molecule has 2 aliphatic heterocycles. The van der Waals surface area contributed by atoms with Crippen LogP contribution in [0.5, 0.6) is 5.75 Å². The average Bonchev–Trinajstić information content (AvgIpc) is 3.29. The summed E-state index contributed by atoms with van der Waals surface area (Å²) in [6.07, 6.45) is 1.16. The van der Waals surface area contributed by atoms with Crippen molar-refractivity contribution in [3.8, 4) is 5.75 Å². The van der Waals surface area contributed by atoms with Crippen LogP contribution < -0.4 is 15.0 Å². The van der Waals surface area contributed by atoms with Gasteiger partial charge in [0, 0.05) is 29.3 Å². The van der Waals surface area contributed by atoms with Crippen molar-refractivity contribution in [3.63, 3.8) is 0 Å². The number of amides is 2. The van der Waals surface area contributed by atoms with Crippen molar-refractivity contribution in [3.05, 3.63) is 101 Å². The van der Waals surface area contributed by atoms with Gasteiger partial charge in [-0.3, -0.25) is 14.6 Å². The summed E-state index contributed by atoms with van der Waals surface area (Å²) in [6, 6.07) is 22.9. The van der Waals surface area contributed by atoms with Gasteiger partial charge >= 0.3 is 0 Å². The molecule has 0 spiro atoms. The van der Waals surface area contributed by atoms with Gasteiger partial charge in [0.05, 0.1) is 29.6 Å². The van der Waals surface area contributed by atoms with Gasteiger partial charge in [-0.05, 0) is 36.2 Å². The number of carbonyl (C=O) groups excluding carboxylic acids is 2. The van der Waals surface area contributed by atoms with Crippen LogP contribution in [0.15, 0.2) is 84.0 Å². The largest absolute Gasteiger partial charge is 0.497 e. The van der Waals surface area contributed by atoms with Crippen LogP contribution in [0.2, 0.25) is 0 Å². The predicted molar refractivity (Wildman–Crippen MR) is 134 cm³/mol. The Morgan fingerprint density at radius 1 is 1.06 bits per heavy atom. The third kappa shape index (κ3) is 3.61. The average molecular weight is 463 g/mol. The van der Waals surface area contributed by atoms with Crippen molar-refractivity contribution in [1.29, 1.82) is 0 Å². The van der Waals surface area contributed by atoms with E-state index in [1.165, 1.54) is 6.20 Å². The van der Waals surface area contributed by atoms with E-state index in [0.29, 0.717) is 30.0 Å². The normalized spacial score (nSPS) is 16.5. The van der Waals surface area contributed by atoms with E-state index >= 15 is 0 Å². The van der Waals surface area contributed by atoms with Crippen molar-refractivity contribution >= 4 is 34.1 Å². The molecule has 0 radical (unpaired) electrons. The second-order valence-corrected chi connectivity index (χ2v) is 8.56. The first-order valence-electron chi connectivity index (χ1n) is 11.4. The van der Waals surface area contributed by atoms with E-state index in [0.717, 1.165) is 33.3 Å². The van der Waals surface area contributed by atoms with Crippen LogP contribution in [0.4, 0.5) is 5.69 Å². The molecule has 0 saturated heterocycles. The van der Waals surface area contributed by atoms with Gasteiger partial charge < -0.3 is 15.0 Å². The lowest BCUT2D eigenvalue weighted by Crippen LogP contribution is -2.47. The molecule has 0 aliphatic carbocycles. The third-order valence-electron chi connectivity index (χ3n) is 6.45. The van der Waals surface area contributed by atoms with Crippen LogP contribution in [0.25, 0.3) is 10.9 Å². The summed E-state index contributed by atoms with van der Waals surface area (Å²) in [5, 5.41) is 3.70. The molecule has 35 heavy (non-hydrogen) atoms. The molecule has 1 N–H and O–H groups in total. The van der Waals surface area contributed by atoms with Crippen LogP contribution in [-0.2, 0) is 11.2 Å². The first-order chi connectivity index (χ1) is 17.1. The van der Waals surface area contributed by atoms with E-state index in [1.807, 2.05) is 66.7 Å². The summed E-state index contributed by atoms with van der Waals surface area (Å²) in [4.78, 5) is 37.8. The van der Waals surface area contributed by atoms with E-state index < -0.39 is 12.1 Å². The number of benzene rings is 3. The molecule has 172 valence electrons. The van der Waals surface area contributed by atoms with E-state index in [-0.39, 0.29) is 5.91 Å². The highest BCUT2D eigenvalue weighted by atomic mass is 16.5. The minimum absolute atomic E-state index is 0.261. The van der Waals surface area contributed by atoms with Crippen molar-refractivity contribution in [1.82, 2.24) is 10.3 Å². The number of aromatic nitrogens is 1. The van der Waals surface area contributed by atoms with Gasteiger partial charge in [-0.1, -0.05) is 48.5 Å². The highest BCUT2D eigenvalue weighted by Crippen LogP contribution is 2.39. The minimum atomic E-state index is -1.08. The number of hydrogen-bond donors (Lipinski definition) is 1. The second-order valence-electron chi connectivity index (χ2n) is 8.56. The Hall–Kier alpha value is -4.52. The second kappa shape index (κ2) is 8.36. The maximum absolute atomic E-state index is 13.6. The van der Waals surface area contributed by atoms with Crippen molar-refractivity contribution in [2.24, 2.45) is 4.99 Å². The Morgan fingerprint density at radius 2 is 1.86 bits per heavy atom. The van der Waals surface area contributed by atoms with Gasteiger partial charge in [-0.25, -0.2) is 4.99 Å². The Kier molecular flexibility index (Phi) is 5.03. The van der Waals surface area contributed by atoms with Crippen LogP contribution >= 0.6 is 0 Å². The molecule has 1 atom stereocenters. The third-order valence-corrected chi connectivity index (χ3v) is 6.45. The molecule has 0 fully saturated rings. The smallest absolute Gasteiger partial charge is 0.272 e. The van der Waals surface area contributed by atoms with Crippen molar-refractivity contribution < 1.29 is 14.3 Å². The van der Waals surface area contributed by atoms with Gasteiger partial charge in [0.15, 0.2) is 0 Å². The number of anilines is 1. The number of carbonyl (C=O) groups is 2.